The van der Waals surface area contributed by atoms with Crippen LogP contribution < -0.4 is 10.1 Å². The first kappa shape index (κ1) is 23.2. The number of ether oxygens (including phenoxy) is 2. The topological polar surface area (TPSA) is 97.8 Å². The highest BCUT2D eigenvalue weighted by Gasteiger charge is 2.27. The number of pyridine rings is 1. The standard InChI is InChI=1S/C23H30N2O5/c1-5-6-12-18(17-10-8-7-9-11-17)16(3)30-23(28)15(2)25-22(27)20-21(26)19(29-4)13-14-24-20/h7-11,13-16,18,26H,5-6,12H2,1-4H3,(H,25,27)/t15-,16?,18?/m0/s1. The predicted molar refractivity (Wildman–Crippen MR) is 114 cm³/mol. The van der Waals surface area contributed by atoms with Gasteiger partial charge in [-0.05, 0) is 25.8 Å². The van der Waals surface area contributed by atoms with Gasteiger partial charge in [0.1, 0.15) is 12.1 Å². The molecular weight excluding hydrogens is 384 g/mol. The summed E-state index contributed by atoms with van der Waals surface area (Å²) < 4.78 is 10.7. The van der Waals surface area contributed by atoms with Gasteiger partial charge in [0, 0.05) is 18.2 Å². The fraction of sp³-hybridized carbons (Fsp3) is 0.435. The summed E-state index contributed by atoms with van der Waals surface area (Å²) in [6, 6.07) is 10.5. The second-order valence-electron chi connectivity index (χ2n) is 7.21. The lowest BCUT2D eigenvalue weighted by Gasteiger charge is -2.26. The molecule has 0 saturated heterocycles. The van der Waals surface area contributed by atoms with Gasteiger partial charge in [-0.25, -0.2) is 9.78 Å². The number of carbonyl (C=O) groups excluding carboxylic acids is 2. The number of hydrogen-bond acceptors (Lipinski definition) is 6. The van der Waals surface area contributed by atoms with E-state index in [0.717, 1.165) is 24.8 Å². The molecular formula is C23H30N2O5. The van der Waals surface area contributed by atoms with Crippen molar-refractivity contribution in [2.75, 3.05) is 7.11 Å². The van der Waals surface area contributed by atoms with Crippen molar-refractivity contribution in [1.29, 1.82) is 0 Å². The van der Waals surface area contributed by atoms with Gasteiger partial charge < -0.3 is 19.9 Å². The first-order chi connectivity index (χ1) is 14.4. The number of benzene rings is 1. The number of aromatic hydroxyl groups is 1. The minimum Gasteiger partial charge on any atom is -0.503 e. The second kappa shape index (κ2) is 11.2. The molecule has 1 amide bonds. The molecule has 2 rings (SSSR count). The average Bonchev–Trinajstić information content (AvgIpc) is 2.74. The molecule has 1 heterocycles. The first-order valence-electron chi connectivity index (χ1n) is 10.2. The summed E-state index contributed by atoms with van der Waals surface area (Å²) in [6.45, 7) is 5.53. The minimum atomic E-state index is -0.907. The van der Waals surface area contributed by atoms with Gasteiger partial charge in [0.2, 0.25) is 0 Å². The lowest BCUT2D eigenvalue weighted by Crippen LogP contribution is -2.41. The molecule has 0 spiro atoms. The van der Waals surface area contributed by atoms with Crippen LogP contribution in [-0.2, 0) is 9.53 Å². The van der Waals surface area contributed by atoms with Gasteiger partial charge >= 0.3 is 5.97 Å². The lowest BCUT2D eigenvalue weighted by molar-refractivity contribution is -0.151. The molecule has 2 N–H and O–H groups in total. The van der Waals surface area contributed by atoms with Crippen LogP contribution in [0.4, 0.5) is 0 Å². The smallest absolute Gasteiger partial charge is 0.328 e. The Balaban J connectivity index is 2.03. The molecule has 1 aromatic heterocycles. The summed E-state index contributed by atoms with van der Waals surface area (Å²) in [6.07, 6.45) is 3.96. The molecule has 0 aliphatic carbocycles. The number of esters is 1. The molecule has 0 fully saturated rings. The SMILES string of the molecule is CCCCC(c1ccccc1)C(C)OC(=O)[C@H](C)NC(=O)c1nccc(OC)c1O. The number of carbonyl (C=O) groups is 2. The summed E-state index contributed by atoms with van der Waals surface area (Å²) in [5.74, 6) is -1.41. The van der Waals surface area contributed by atoms with Gasteiger partial charge in [-0.2, -0.15) is 0 Å². The third-order valence-corrected chi connectivity index (χ3v) is 4.99. The van der Waals surface area contributed by atoms with E-state index >= 15 is 0 Å². The van der Waals surface area contributed by atoms with E-state index in [2.05, 4.69) is 17.2 Å². The Kier molecular flexibility index (Phi) is 8.65. The largest absolute Gasteiger partial charge is 0.503 e. The van der Waals surface area contributed by atoms with Crippen molar-refractivity contribution >= 4 is 11.9 Å². The maximum atomic E-state index is 12.6. The van der Waals surface area contributed by atoms with Gasteiger partial charge in [0.15, 0.2) is 17.2 Å². The Morgan fingerprint density at radius 1 is 1.17 bits per heavy atom. The van der Waals surface area contributed by atoms with Crippen LogP contribution in [0.5, 0.6) is 11.5 Å². The number of aromatic nitrogens is 1. The zero-order valence-corrected chi connectivity index (χ0v) is 17.9. The molecule has 0 radical (unpaired) electrons. The van der Waals surface area contributed by atoms with Crippen molar-refractivity contribution in [3.05, 3.63) is 53.9 Å². The van der Waals surface area contributed by atoms with E-state index in [-0.39, 0.29) is 29.2 Å². The van der Waals surface area contributed by atoms with Crippen LogP contribution in [0.15, 0.2) is 42.6 Å². The molecule has 2 unspecified atom stereocenters. The molecule has 2 aromatic rings. The van der Waals surface area contributed by atoms with Gasteiger partial charge in [0.25, 0.3) is 5.91 Å². The normalized spacial score (nSPS) is 13.7. The van der Waals surface area contributed by atoms with Crippen LogP contribution in [-0.4, -0.2) is 41.2 Å². The molecule has 1 aromatic carbocycles. The first-order valence-corrected chi connectivity index (χ1v) is 10.2. The maximum Gasteiger partial charge on any atom is 0.328 e. The Hall–Kier alpha value is -3.09. The van der Waals surface area contributed by atoms with Crippen molar-refractivity contribution < 1.29 is 24.2 Å². The molecule has 7 heteroatoms. The highest BCUT2D eigenvalue weighted by molar-refractivity contribution is 5.97. The lowest BCUT2D eigenvalue weighted by atomic mass is 9.89. The minimum absolute atomic E-state index is 0.0714. The van der Waals surface area contributed by atoms with Crippen molar-refractivity contribution in [3.63, 3.8) is 0 Å². The van der Waals surface area contributed by atoms with Crippen LogP contribution in [0.25, 0.3) is 0 Å². The van der Waals surface area contributed by atoms with E-state index in [1.54, 1.807) is 0 Å². The molecule has 3 atom stereocenters. The van der Waals surface area contributed by atoms with Crippen LogP contribution >= 0.6 is 0 Å². The van der Waals surface area contributed by atoms with E-state index in [9.17, 15) is 14.7 Å². The zero-order chi connectivity index (χ0) is 22.1. The fourth-order valence-electron chi connectivity index (χ4n) is 3.26. The summed E-state index contributed by atoms with van der Waals surface area (Å²) in [7, 11) is 1.37. The zero-order valence-electron chi connectivity index (χ0n) is 17.9. The summed E-state index contributed by atoms with van der Waals surface area (Å²) in [5.41, 5.74) is 0.903. The molecule has 0 saturated carbocycles. The molecule has 0 aliphatic heterocycles. The number of nitrogens with one attached hydrogen (secondary N) is 1. The van der Waals surface area contributed by atoms with Gasteiger partial charge in [0.05, 0.1) is 7.11 Å². The van der Waals surface area contributed by atoms with E-state index in [4.69, 9.17) is 9.47 Å². The highest BCUT2D eigenvalue weighted by atomic mass is 16.5. The maximum absolute atomic E-state index is 12.6. The number of hydrogen-bond donors (Lipinski definition) is 2. The van der Waals surface area contributed by atoms with E-state index in [0.29, 0.717) is 0 Å². The molecule has 162 valence electrons. The molecule has 7 nitrogen and oxygen atoms in total. The molecule has 30 heavy (non-hydrogen) atoms. The number of unbranched alkanes of at least 4 members (excludes halogenated alkanes) is 1. The van der Waals surface area contributed by atoms with E-state index in [1.807, 2.05) is 37.3 Å². The Morgan fingerprint density at radius 3 is 2.50 bits per heavy atom. The van der Waals surface area contributed by atoms with Gasteiger partial charge in [-0.1, -0.05) is 50.1 Å². The quantitative estimate of drug-likeness (QED) is 0.574. The van der Waals surface area contributed by atoms with Crippen LogP contribution in [0.3, 0.4) is 0 Å². The Bertz CT molecular complexity index is 841. The number of nitrogens with zero attached hydrogens (tertiary/aromatic N) is 1. The Morgan fingerprint density at radius 2 is 1.87 bits per heavy atom. The van der Waals surface area contributed by atoms with E-state index in [1.165, 1.54) is 26.3 Å². The molecule has 0 aliphatic rings. The van der Waals surface area contributed by atoms with Crippen molar-refractivity contribution in [1.82, 2.24) is 10.3 Å². The second-order valence-corrected chi connectivity index (χ2v) is 7.21. The molecule has 0 bridgehead atoms. The van der Waals surface area contributed by atoms with E-state index < -0.39 is 17.9 Å². The third kappa shape index (κ3) is 5.95. The van der Waals surface area contributed by atoms with Crippen molar-refractivity contribution in [2.45, 2.75) is 58.1 Å². The number of amides is 1. The van der Waals surface area contributed by atoms with Crippen LogP contribution in [0.1, 0.15) is 62.0 Å². The Labute approximate surface area is 177 Å². The summed E-state index contributed by atoms with van der Waals surface area (Å²) >= 11 is 0. The number of rotatable bonds is 10. The summed E-state index contributed by atoms with van der Waals surface area (Å²) in [4.78, 5) is 28.9. The van der Waals surface area contributed by atoms with Crippen molar-refractivity contribution in [3.8, 4) is 11.5 Å². The monoisotopic (exact) mass is 414 g/mol. The van der Waals surface area contributed by atoms with Crippen LogP contribution in [0.2, 0.25) is 0 Å². The fourth-order valence-corrected chi connectivity index (χ4v) is 3.26. The van der Waals surface area contributed by atoms with Crippen LogP contribution in [0, 0.1) is 0 Å². The van der Waals surface area contributed by atoms with Gasteiger partial charge in [-0.3, -0.25) is 4.79 Å². The average molecular weight is 415 g/mol. The van der Waals surface area contributed by atoms with Gasteiger partial charge in [-0.15, -0.1) is 0 Å². The van der Waals surface area contributed by atoms with Crippen molar-refractivity contribution in [2.24, 2.45) is 0 Å². The third-order valence-electron chi connectivity index (χ3n) is 4.99. The predicted octanol–water partition coefficient (Wildman–Crippen LogP) is 3.82. The highest BCUT2D eigenvalue weighted by Crippen LogP contribution is 2.29. The summed E-state index contributed by atoms with van der Waals surface area (Å²) in [5, 5.41) is 12.6. The number of methoxy groups -OCH3 is 1.